The molecule has 1 aromatic rings. The second kappa shape index (κ2) is 6.53. The van der Waals surface area contributed by atoms with Gasteiger partial charge in [0.1, 0.15) is 6.04 Å². The van der Waals surface area contributed by atoms with Crippen LogP contribution < -0.4 is 9.47 Å². The average molecular weight is 329 g/mol. The normalized spacial score (nSPS) is 19.0. The van der Waals surface area contributed by atoms with Crippen LogP contribution in [0, 0.1) is 0 Å². The van der Waals surface area contributed by atoms with Crippen LogP contribution in [0.2, 0.25) is 0 Å². The molecule has 0 aliphatic carbocycles. The number of benzene rings is 1. The Morgan fingerprint density at radius 1 is 1.18 bits per heavy atom. The summed E-state index contributed by atoms with van der Waals surface area (Å²) in [4.78, 5) is 11.8. The minimum Gasteiger partial charge on any atom is -0.493 e. The summed E-state index contributed by atoms with van der Waals surface area (Å²) in [6.07, 6.45) is 1.07. The van der Waals surface area contributed by atoms with Gasteiger partial charge in [-0.3, -0.25) is 4.79 Å². The van der Waals surface area contributed by atoms with Crippen molar-refractivity contribution in [2.45, 2.75) is 23.8 Å². The van der Waals surface area contributed by atoms with Crippen LogP contribution in [-0.4, -0.2) is 52.6 Å². The molecule has 1 aromatic carbocycles. The lowest BCUT2D eigenvalue weighted by Gasteiger charge is -2.22. The van der Waals surface area contributed by atoms with Gasteiger partial charge < -0.3 is 14.2 Å². The standard InChI is InChI=1S/C14H19NO6S/c1-19-12-7-6-10(9-13(12)20-2)22(17,18)15-8-4-5-11(15)14(16)21-3/h6-7,9,11H,4-5,8H2,1-3H3. The number of carbonyl (C=O) groups excluding carboxylic acids is 1. The summed E-state index contributed by atoms with van der Waals surface area (Å²) in [6, 6.07) is 3.57. The average Bonchev–Trinajstić information content (AvgIpc) is 3.03. The number of ether oxygens (including phenoxy) is 3. The molecule has 0 bridgehead atoms. The molecule has 7 nitrogen and oxygen atoms in total. The fourth-order valence-electron chi connectivity index (χ4n) is 2.51. The van der Waals surface area contributed by atoms with Crippen LogP contribution in [0.3, 0.4) is 0 Å². The Morgan fingerprint density at radius 2 is 1.86 bits per heavy atom. The number of carbonyl (C=O) groups is 1. The summed E-state index contributed by atoms with van der Waals surface area (Å²) in [6.45, 7) is 0.288. The molecule has 1 heterocycles. The second-order valence-electron chi connectivity index (χ2n) is 4.81. The van der Waals surface area contributed by atoms with Gasteiger partial charge in [-0.05, 0) is 25.0 Å². The maximum atomic E-state index is 12.8. The molecule has 1 saturated heterocycles. The zero-order valence-electron chi connectivity index (χ0n) is 12.7. The molecule has 1 aliphatic rings. The molecule has 1 atom stereocenters. The van der Waals surface area contributed by atoms with Gasteiger partial charge in [-0.15, -0.1) is 0 Å². The third-order valence-electron chi connectivity index (χ3n) is 3.64. The van der Waals surface area contributed by atoms with Crippen LogP contribution in [-0.2, 0) is 19.6 Å². The Kier molecular flexibility index (Phi) is 4.92. The molecule has 0 spiro atoms. The molecule has 122 valence electrons. The van der Waals surface area contributed by atoms with Crippen molar-refractivity contribution in [3.63, 3.8) is 0 Å². The van der Waals surface area contributed by atoms with E-state index in [0.717, 1.165) is 0 Å². The molecule has 0 radical (unpaired) electrons. The highest BCUT2D eigenvalue weighted by atomic mass is 32.2. The minimum absolute atomic E-state index is 0.0564. The van der Waals surface area contributed by atoms with E-state index in [9.17, 15) is 13.2 Å². The maximum absolute atomic E-state index is 12.8. The van der Waals surface area contributed by atoms with E-state index in [2.05, 4.69) is 4.74 Å². The fraction of sp³-hybridized carbons (Fsp3) is 0.500. The van der Waals surface area contributed by atoms with Crippen LogP contribution in [0.5, 0.6) is 11.5 Å². The number of nitrogens with zero attached hydrogens (tertiary/aromatic N) is 1. The molecule has 0 saturated carbocycles. The van der Waals surface area contributed by atoms with Gasteiger partial charge >= 0.3 is 5.97 Å². The van der Waals surface area contributed by atoms with Crippen LogP contribution in [0.4, 0.5) is 0 Å². The summed E-state index contributed by atoms with van der Waals surface area (Å²) >= 11 is 0. The molecule has 0 aromatic heterocycles. The number of methoxy groups -OCH3 is 3. The van der Waals surface area contributed by atoms with E-state index >= 15 is 0 Å². The second-order valence-corrected chi connectivity index (χ2v) is 6.70. The lowest BCUT2D eigenvalue weighted by Crippen LogP contribution is -2.41. The van der Waals surface area contributed by atoms with Gasteiger partial charge in [-0.1, -0.05) is 0 Å². The smallest absolute Gasteiger partial charge is 0.324 e. The lowest BCUT2D eigenvalue weighted by molar-refractivity contribution is -0.144. The number of sulfonamides is 1. The largest absolute Gasteiger partial charge is 0.493 e. The van der Waals surface area contributed by atoms with Crippen molar-refractivity contribution in [2.75, 3.05) is 27.9 Å². The van der Waals surface area contributed by atoms with Crippen molar-refractivity contribution < 1.29 is 27.4 Å². The Morgan fingerprint density at radius 3 is 2.45 bits per heavy atom. The quantitative estimate of drug-likeness (QED) is 0.751. The van der Waals surface area contributed by atoms with E-state index in [1.807, 2.05) is 0 Å². The van der Waals surface area contributed by atoms with Gasteiger partial charge in [0, 0.05) is 12.6 Å². The van der Waals surface area contributed by atoms with E-state index in [-0.39, 0.29) is 11.4 Å². The van der Waals surface area contributed by atoms with E-state index in [1.165, 1.54) is 43.8 Å². The van der Waals surface area contributed by atoms with E-state index in [4.69, 9.17) is 9.47 Å². The zero-order chi connectivity index (χ0) is 16.3. The topological polar surface area (TPSA) is 82.1 Å². The lowest BCUT2D eigenvalue weighted by atomic mass is 10.2. The number of esters is 1. The van der Waals surface area contributed by atoms with Crippen LogP contribution >= 0.6 is 0 Å². The highest BCUT2D eigenvalue weighted by Gasteiger charge is 2.40. The highest BCUT2D eigenvalue weighted by Crippen LogP contribution is 2.33. The Balaban J connectivity index is 2.40. The zero-order valence-corrected chi connectivity index (χ0v) is 13.6. The molecule has 1 unspecified atom stereocenters. The van der Waals surface area contributed by atoms with E-state index in [0.29, 0.717) is 24.3 Å². The number of hydrogen-bond acceptors (Lipinski definition) is 6. The molecule has 1 aliphatic heterocycles. The first-order chi connectivity index (χ1) is 10.5. The summed E-state index contributed by atoms with van der Waals surface area (Å²) < 4.78 is 41.6. The van der Waals surface area contributed by atoms with Gasteiger partial charge in [-0.25, -0.2) is 8.42 Å². The van der Waals surface area contributed by atoms with E-state index in [1.54, 1.807) is 0 Å². The first-order valence-electron chi connectivity index (χ1n) is 6.77. The third kappa shape index (κ3) is 2.89. The van der Waals surface area contributed by atoms with Gasteiger partial charge in [-0.2, -0.15) is 4.31 Å². The van der Waals surface area contributed by atoms with Crippen LogP contribution in [0.1, 0.15) is 12.8 Å². The highest BCUT2D eigenvalue weighted by molar-refractivity contribution is 7.89. The predicted octanol–water partition coefficient (Wildman–Crippen LogP) is 1.03. The first kappa shape index (κ1) is 16.6. The van der Waals surface area contributed by atoms with Crippen LogP contribution in [0.15, 0.2) is 23.1 Å². The molecular weight excluding hydrogens is 310 g/mol. The molecule has 1 fully saturated rings. The molecule has 22 heavy (non-hydrogen) atoms. The Bertz CT molecular complexity index is 657. The van der Waals surface area contributed by atoms with Crippen molar-refractivity contribution in [2.24, 2.45) is 0 Å². The number of rotatable bonds is 5. The monoisotopic (exact) mass is 329 g/mol. The van der Waals surface area contributed by atoms with Gasteiger partial charge in [0.2, 0.25) is 10.0 Å². The third-order valence-corrected chi connectivity index (χ3v) is 5.54. The Hall–Kier alpha value is -1.80. The molecule has 0 N–H and O–H groups in total. The number of hydrogen-bond donors (Lipinski definition) is 0. The predicted molar refractivity (Wildman–Crippen MR) is 78.5 cm³/mol. The SMILES string of the molecule is COC(=O)C1CCCN1S(=O)(=O)c1ccc(OC)c(OC)c1. The van der Waals surface area contributed by atoms with E-state index < -0.39 is 22.0 Å². The summed E-state index contributed by atoms with van der Waals surface area (Å²) in [5.74, 6) is 0.214. The minimum atomic E-state index is -3.80. The summed E-state index contributed by atoms with van der Waals surface area (Å²) in [5, 5.41) is 0. The fourth-order valence-corrected chi connectivity index (χ4v) is 4.17. The summed E-state index contributed by atoms with van der Waals surface area (Å²) in [7, 11) is 0.352. The molecular formula is C14H19NO6S. The van der Waals surface area contributed by atoms with Crippen molar-refractivity contribution in [1.82, 2.24) is 4.31 Å². The van der Waals surface area contributed by atoms with Crippen LogP contribution in [0.25, 0.3) is 0 Å². The van der Waals surface area contributed by atoms with Gasteiger partial charge in [0.05, 0.1) is 26.2 Å². The summed E-state index contributed by atoms with van der Waals surface area (Å²) in [5.41, 5.74) is 0. The van der Waals surface area contributed by atoms with Gasteiger partial charge in [0.15, 0.2) is 11.5 Å². The van der Waals surface area contributed by atoms with Crippen molar-refractivity contribution >= 4 is 16.0 Å². The van der Waals surface area contributed by atoms with Crippen molar-refractivity contribution in [3.05, 3.63) is 18.2 Å². The molecule has 0 amide bonds. The van der Waals surface area contributed by atoms with Crippen molar-refractivity contribution in [3.8, 4) is 11.5 Å². The molecule has 2 rings (SSSR count). The molecule has 8 heteroatoms. The first-order valence-corrected chi connectivity index (χ1v) is 8.21. The van der Waals surface area contributed by atoms with Crippen molar-refractivity contribution in [1.29, 1.82) is 0 Å². The Labute approximate surface area is 129 Å². The van der Waals surface area contributed by atoms with Gasteiger partial charge in [0.25, 0.3) is 0 Å². The maximum Gasteiger partial charge on any atom is 0.324 e.